The smallest absolute Gasteiger partial charge is 0.208 e. The summed E-state index contributed by atoms with van der Waals surface area (Å²) < 4.78 is 0. The summed E-state index contributed by atoms with van der Waals surface area (Å²) in [4.78, 5) is 21.0. The average molecular weight is 468 g/mol. The number of anilines is 2. The molecule has 7 rings (SSSR count). The van der Waals surface area contributed by atoms with E-state index in [0.717, 1.165) is 42.9 Å². The van der Waals surface area contributed by atoms with Gasteiger partial charge in [-0.05, 0) is 66.3 Å². The molecule has 2 saturated heterocycles. The molecule has 3 aromatic carbocycles. The summed E-state index contributed by atoms with van der Waals surface area (Å²) in [7, 11) is -1.35. The fraction of sp³-hybridized carbons (Fsp3) is 0.310. The topological polar surface area (TPSA) is 47.4 Å². The first-order chi connectivity index (χ1) is 16.4. The number of hydrogen-bond donors (Lipinski definition) is 1. The first-order valence-electron chi connectivity index (χ1n) is 12.2. The molecular formula is C29H29N3OS. The minimum atomic E-state index is -1.35. The highest BCUT2D eigenvalue weighted by Crippen LogP contribution is 2.69. The van der Waals surface area contributed by atoms with Gasteiger partial charge >= 0.3 is 0 Å². The molecule has 2 fully saturated rings. The van der Waals surface area contributed by atoms with Crippen LogP contribution in [-0.2, 0) is 5.41 Å². The number of nitrogens with zero attached hydrogens (tertiary/aromatic N) is 2. The lowest BCUT2D eigenvalue weighted by Gasteiger charge is -2.49. The van der Waals surface area contributed by atoms with Gasteiger partial charge in [0.05, 0.1) is 11.1 Å². The molecule has 0 amide bonds. The van der Waals surface area contributed by atoms with Crippen LogP contribution in [0.25, 0.3) is 0 Å². The Morgan fingerprint density at radius 2 is 1.29 bits per heavy atom. The molecule has 3 aliphatic heterocycles. The highest BCUT2D eigenvalue weighted by molar-refractivity contribution is 8.32. The Bertz CT molecular complexity index is 1330. The summed E-state index contributed by atoms with van der Waals surface area (Å²) in [5.41, 5.74) is 5.81. The number of carbonyl (C=O) groups is 1. The van der Waals surface area contributed by atoms with Gasteiger partial charge in [-0.2, -0.15) is 10.0 Å². The van der Waals surface area contributed by atoms with Crippen LogP contribution >= 0.6 is 10.0 Å². The van der Waals surface area contributed by atoms with E-state index in [9.17, 15) is 10.2 Å². The number of fused-ring (bicyclic) bond motifs is 6. The van der Waals surface area contributed by atoms with Crippen molar-refractivity contribution in [2.45, 2.75) is 28.0 Å². The Morgan fingerprint density at radius 1 is 0.765 bits per heavy atom. The molecule has 4 aliphatic rings. The number of Topliss-reactive ketones (excluding diaryl/α,β-unsaturated/α-hetero) is 1. The molecule has 0 saturated carbocycles. The van der Waals surface area contributed by atoms with Crippen molar-refractivity contribution in [3.8, 4) is 0 Å². The number of nitrogens with one attached hydrogen (secondary N) is 1. The van der Waals surface area contributed by atoms with E-state index in [1.165, 1.54) is 34.0 Å². The first-order valence-corrected chi connectivity index (χ1v) is 14.6. The van der Waals surface area contributed by atoms with E-state index in [4.69, 9.17) is 0 Å². The van der Waals surface area contributed by atoms with E-state index < -0.39 is 15.4 Å². The molecule has 1 aliphatic carbocycles. The second-order valence-electron chi connectivity index (χ2n) is 10.4. The van der Waals surface area contributed by atoms with Gasteiger partial charge in [0.25, 0.3) is 0 Å². The molecule has 3 heterocycles. The molecule has 34 heavy (non-hydrogen) atoms. The van der Waals surface area contributed by atoms with Crippen molar-refractivity contribution in [2.75, 3.05) is 48.5 Å². The van der Waals surface area contributed by atoms with Crippen LogP contribution in [0.3, 0.4) is 0 Å². The predicted molar refractivity (Wildman–Crippen MR) is 141 cm³/mol. The van der Waals surface area contributed by atoms with Gasteiger partial charge in [-0.15, -0.1) is 0 Å². The predicted octanol–water partition coefficient (Wildman–Crippen LogP) is 5.45. The summed E-state index contributed by atoms with van der Waals surface area (Å²) in [6.07, 6.45) is 7.27. The molecular weight excluding hydrogens is 438 g/mol. The largest absolute Gasteiger partial charge is 0.371 e. The highest BCUT2D eigenvalue weighted by atomic mass is 32.3. The lowest BCUT2D eigenvalue weighted by Crippen LogP contribution is -2.42. The fourth-order valence-electron chi connectivity index (χ4n) is 6.30. The summed E-state index contributed by atoms with van der Waals surface area (Å²) in [5, 5.41) is 9.28. The van der Waals surface area contributed by atoms with E-state index in [1.807, 2.05) is 18.2 Å². The van der Waals surface area contributed by atoms with Crippen LogP contribution in [0.15, 0.2) is 70.5 Å². The fourth-order valence-corrected chi connectivity index (χ4v) is 8.91. The molecule has 5 heteroatoms. The summed E-state index contributed by atoms with van der Waals surface area (Å²) in [6.45, 7) is 4.41. The van der Waals surface area contributed by atoms with E-state index >= 15 is 0 Å². The normalized spacial score (nSPS) is 21.9. The third kappa shape index (κ3) is 2.36. The molecule has 1 spiro atoms. The van der Waals surface area contributed by atoms with Crippen molar-refractivity contribution in [3.63, 3.8) is 0 Å². The lowest BCUT2D eigenvalue weighted by molar-refractivity contribution is 0.106. The molecule has 0 atom stereocenters. The zero-order valence-corrected chi connectivity index (χ0v) is 20.5. The maximum atomic E-state index is 13.5. The van der Waals surface area contributed by atoms with Crippen LogP contribution in [0.1, 0.15) is 39.9 Å². The number of hydrogen-bond acceptors (Lipinski definition) is 4. The van der Waals surface area contributed by atoms with Gasteiger partial charge in [0, 0.05) is 52.9 Å². The van der Waals surface area contributed by atoms with Crippen LogP contribution in [0.2, 0.25) is 0 Å². The van der Waals surface area contributed by atoms with Crippen LogP contribution in [0, 0.1) is 5.41 Å². The Balaban J connectivity index is 1.57. The Morgan fingerprint density at radius 3 is 1.79 bits per heavy atom. The minimum Gasteiger partial charge on any atom is -0.371 e. The molecule has 1 N–H and O–H groups in total. The zero-order valence-electron chi connectivity index (χ0n) is 19.7. The van der Waals surface area contributed by atoms with Crippen molar-refractivity contribution in [3.05, 3.63) is 82.9 Å². The Labute approximate surface area is 202 Å². The van der Waals surface area contributed by atoms with Crippen molar-refractivity contribution >= 4 is 32.9 Å². The van der Waals surface area contributed by atoms with Crippen molar-refractivity contribution in [2.24, 2.45) is 0 Å². The third-order valence-corrected chi connectivity index (χ3v) is 11.3. The van der Waals surface area contributed by atoms with Crippen molar-refractivity contribution in [1.82, 2.24) is 0 Å². The monoisotopic (exact) mass is 467 g/mol. The third-order valence-electron chi connectivity index (χ3n) is 8.46. The van der Waals surface area contributed by atoms with Crippen LogP contribution in [-0.4, -0.2) is 50.2 Å². The summed E-state index contributed by atoms with van der Waals surface area (Å²) >= 11 is 0. The van der Waals surface area contributed by atoms with Gasteiger partial charge in [0.2, 0.25) is 5.78 Å². The zero-order chi connectivity index (χ0) is 23.2. The average Bonchev–Trinajstić information content (AvgIpc) is 2.99. The summed E-state index contributed by atoms with van der Waals surface area (Å²) in [5.74, 6) is -0.138. The van der Waals surface area contributed by atoms with Gasteiger partial charge in [-0.25, -0.2) is 0 Å². The van der Waals surface area contributed by atoms with E-state index in [0.29, 0.717) is 5.56 Å². The molecule has 0 radical (unpaired) electrons. The van der Waals surface area contributed by atoms with Crippen molar-refractivity contribution < 1.29 is 4.79 Å². The van der Waals surface area contributed by atoms with Crippen LogP contribution in [0.4, 0.5) is 11.4 Å². The van der Waals surface area contributed by atoms with Crippen molar-refractivity contribution in [1.29, 1.82) is 5.41 Å². The van der Waals surface area contributed by atoms with E-state index in [1.54, 1.807) is 0 Å². The van der Waals surface area contributed by atoms with E-state index in [-0.39, 0.29) is 11.5 Å². The Hall–Kier alpha value is -3.05. The second kappa shape index (κ2) is 6.76. The quantitative estimate of drug-likeness (QED) is 0.545. The van der Waals surface area contributed by atoms with Gasteiger partial charge in [-0.1, -0.05) is 36.4 Å². The van der Waals surface area contributed by atoms with Crippen LogP contribution in [0.5, 0.6) is 0 Å². The van der Waals surface area contributed by atoms with Gasteiger partial charge in [-0.3, -0.25) is 10.2 Å². The molecule has 0 unspecified atom stereocenters. The maximum Gasteiger partial charge on any atom is 0.208 e. The summed E-state index contributed by atoms with van der Waals surface area (Å²) in [6, 6.07) is 21.6. The van der Waals surface area contributed by atoms with Gasteiger partial charge in [0.15, 0.2) is 0 Å². The number of carbonyl (C=O) groups excluding carboxylic acids is 1. The van der Waals surface area contributed by atoms with E-state index in [2.05, 4.69) is 64.8 Å². The number of rotatable bonds is 2. The highest BCUT2D eigenvalue weighted by Gasteiger charge is 2.56. The van der Waals surface area contributed by atoms with Gasteiger partial charge < -0.3 is 9.80 Å². The molecule has 0 bridgehead atoms. The Kier molecular flexibility index (Phi) is 4.04. The SMILES string of the molecule is CS1(C)c2cc(N3CCC3)ccc2C2(C(=N)C(=O)c3ccccc32)c2ccc(N3CCC3)cc21. The molecule has 3 aromatic rings. The number of ketones is 1. The minimum absolute atomic E-state index is 0.138. The molecule has 4 nitrogen and oxygen atoms in total. The maximum absolute atomic E-state index is 13.5. The number of benzene rings is 3. The standard InChI is InChI=1S/C29H29N3OS/c1-34(2)25-17-19(31-13-5-14-31)9-11-23(25)29(22-8-4-3-7-21(22)27(33)28(29)30)24-12-10-20(18-26(24)34)32-15-6-16-32/h3-4,7-12,17-18,30H,5-6,13-16H2,1-2H3. The first kappa shape index (κ1) is 20.3. The second-order valence-corrected chi connectivity index (χ2v) is 13.9. The molecule has 0 aromatic heterocycles. The molecule has 172 valence electrons. The lowest BCUT2D eigenvalue weighted by atomic mass is 9.68. The van der Waals surface area contributed by atoms with Gasteiger partial charge in [0.1, 0.15) is 0 Å². The van der Waals surface area contributed by atoms with Crippen LogP contribution < -0.4 is 9.80 Å².